The largest absolute Gasteiger partial charge is 0.455 e. The second-order valence-corrected chi connectivity index (χ2v) is 7.01. The average Bonchev–Trinajstić information content (AvgIpc) is 2.83. The molecule has 2 heterocycles. The quantitative estimate of drug-likeness (QED) is 0.809. The number of rotatable bonds is 3. The second kappa shape index (κ2) is 4.40. The number of nitrogens with one attached hydrogen (secondary N) is 1. The van der Waals surface area contributed by atoms with E-state index in [-0.39, 0.29) is 23.8 Å². The molecule has 0 aliphatic carbocycles. The van der Waals surface area contributed by atoms with E-state index in [4.69, 9.17) is 10.2 Å². The summed E-state index contributed by atoms with van der Waals surface area (Å²) in [5, 5.41) is 2.71. The SMILES string of the molecule is CC1(NC(=O)c2ccc(CN)o2)CCS(=O)(=O)C1. The van der Waals surface area contributed by atoms with E-state index >= 15 is 0 Å². The van der Waals surface area contributed by atoms with E-state index in [2.05, 4.69) is 5.32 Å². The summed E-state index contributed by atoms with van der Waals surface area (Å²) >= 11 is 0. The molecule has 1 unspecified atom stereocenters. The fourth-order valence-corrected chi connectivity index (χ4v) is 4.15. The third-order valence-electron chi connectivity index (χ3n) is 3.01. The lowest BCUT2D eigenvalue weighted by molar-refractivity contribution is 0.0885. The fourth-order valence-electron chi connectivity index (χ4n) is 2.05. The molecule has 7 heteroatoms. The van der Waals surface area contributed by atoms with Crippen LogP contribution in [0.4, 0.5) is 0 Å². The lowest BCUT2D eigenvalue weighted by atomic mass is 10.0. The van der Waals surface area contributed by atoms with Crippen LogP contribution >= 0.6 is 0 Å². The van der Waals surface area contributed by atoms with E-state index < -0.39 is 21.3 Å². The molecule has 100 valence electrons. The maximum atomic E-state index is 11.9. The van der Waals surface area contributed by atoms with Crippen LogP contribution in [0.25, 0.3) is 0 Å². The van der Waals surface area contributed by atoms with Crippen molar-refractivity contribution in [3.8, 4) is 0 Å². The molecule has 6 nitrogen and oxygen atoms in total. The van der Waals surface area contributed by atoms with Gasteiger partial charge >= 0.3 is 0 Å². The number of carbonyl (C=O) groups is 1. The van der Waals surface area contributed by atoms with Crippen molar-refractivity contribution < 1.29 is 17.6 Å². The molecule has 18 heavy (non-hydrogen) atoms. The minimum absolute atomic E-state index is 0.0316. The molecule has 1 amide bonds. The normalized spacial score (nSPS) is 26.1. The molecule has 0 spiro atoms. The highest BCUT2D eigenvalue weighted by atomic mass is 32.2. The predicted molar refractivity (Wildman–Crippen MR) is 65.7 cm³/mol. The predicted octanol–water partition coefficient (Wildman–Crippen LogP) is 0.0453. The van der Waals surface area contributed by atoms with Gasteiger partial charge in [-0.05, 0) is 25.5 Å². The number of hydrogen-bond acceptors (Lipinski definition) is 5. The Labute approximate surface area is 105 Å². The molecule has 0 radical (unpaired) electrons. The molecule has 1 fully saturated rings. The zero-order valence-corrected chi connectivity index (χ0v) is 10.9. The van der Waals surface area contributed by atoms with Crippen LogP contribution in [0.2, 0.25) is 0 Å². The van der Waals surface area contributed by atoms with Crippen molar-refractivity contribution in [1.29, 1.82) is 0 Å². The first kappa shape index (κ1) is 13.1. The molecule has 1 aromatic rings. The zero-order chi connectivity index (χ0) is 13.4. The summed E-state index contributed by atoms with van der Waals surface area (Å²) in [6.45, 7) is 1.95. The van der Waals surface area contributed by atoms with Gasteiger partial charge < -0.3 is 15.5 Å². The van der Waals surface area contributed by atoms with Crippen LogP contribution in [0, 0.1) is 0 Å². The molecule has 1 aliphatic heterocycles. The van der Waals surface area contributed by atoms with Crippen LogP contribution in [-0.4, -0.2) is 31.4 Å². The van der Waals surface area contributed by atoms with Gasteiger partial charge in [0.25, 0.3) is 5.91 Å². The minimum atomic E-state index is -3.05. The van der Waals surface area contributed by atoms with Crippen molar-refractivity contribution in [2.45, 2.75) is 25.4 Å². The number of sulfone groups is 1. The third-order valence-corrected chi connectivity index (χ3v) is 4.91. The molecule has 1 atom stereocenters. The summed E-state index contributed by atoms with van der Waals surface area (Å²) < 4.78 is 28.1. The Balaban J connectivity index is 2.08. The van der Waals surface area contributed by atoms with Crippen LogP contribution < -0.4 is 11.1 Å². The molecular weight excluding hydrogens is 256 g/mol. The van der Waals surface area contributed by atoms with Gasteiger partial charge in [0.1, 0.15) is 5.76 Å². The van der Waals surface area contributed by atoms with E-state index in [9.17, 15) is 13.2 Å². The van der Waals surface area contributed by atoms with Gasteiger partial charge in [-0.3, -0.25) is 4.79 Å². The standard InChI is InChI=1S/C11H16N2O4S/c1-11(4-5-18(15,16)7-11)13-10(14)9-3-2-8(6-12)17-9/h2-3H,4-7,12H2,1H3,(H,13,14). The van der Waals surface area contributed by atoms with Crippen molar-refractivity contribution in [2.75, 3.05) is 11.5 Å². The van der Waals surface area contributed by atoms with Gasteiger partial charge in [0.2, 0.25) is 0 Å². The van der Waals surface area contributed by atoms with Crippen molar-refractivity contribution >= 4 is 15.7 Å². The first-order valence-electron chi connectivity index (χ1n) is 5.65. The highest BCUT2D eigenvalue weighted by molar-refractivity contribution is 7.91. The number of furan rings is 1. The van der Waals surface area contributed by atoms with Gasteiger partial charge in [-0.15, -0.1) is 0 Å². The Bertz CT molecular complexity index is 563. The van der Waals surface area contributed by atoms with E-state index in [1.807, 2.05) is 0 Å². The van der Waals surface area contributed by atoms with Gasteiger partial charge in [-0.2, -0.15) is 0 Å². The van der Waals surface area contributed by atoms with Crippen molar-refractivity contribution in [3.05, 3.63) is 23.7 Å². The molecule has 3 N–H and O–H groups in total. The summed E-state index contributed by atoms with van der Waals surface area (Å²) in [5.41, 5.74) is 4.67. The van der Waals surface area contributed by atoms with Crippen molar-refractivity contribution in [1.82, 2.24) is 5.32 Å². The molecule has 2 rings (SSSR count). The second-order valence-electron chi connectivity index (χ2n) is 4.83. The Kier molecular flexibility index (Phi) is 3.20. The van der Waals surface area contributed by atoms with E-state index in [1.165, 1.54) is 6.07 Å². The number of carbonyl (C=O) groups excluding carboxylic acids is 1. The van der Waals surface area contributed by atoms with E-state index in [0.717, 1.165) is 0 Å². The Morgan fingerprint density at radius 1 is 1.56 bits per heavy atom. The summed E-state index contributed by atoms with van der Waals surface area (Å²) in [4.78, 5) is 11.9. The summed E-state index contributed by atoms with van der Waals surface area (Å²) in [6.07, 6.45) is 0.422. The van der Waals surface area contributed by atoms with Gasteiger partial charge in [-0.1, -0.05) is 0 Å². The molecule has 0 bridgehead atoms. The van der Waals surface area contributed by atoms with Gasteiger partial charge in [-0.25, -0.2) is 8.42 Å². The van der Waals surface area contributed by atoms with Crippen LogP contribution in [-0.2, 0) is 16.4 Å². The maximum Gasteiger partial charge on any atom is 0.287 e. The monoisotopic (exact) mass is 272 g/mol. The lowest BCUT2D eigenvalue weighted by Gasteiger charge is -2.23. The maximum absolute atomic E-state index is 11.9. The molecule has 0 saturated carbocycles. The van der Waals surface area contributed by atoms with E-state index in [0.29, 0.717) is 12.2 Å². The smallest absolute Gasteiger partial charge is 0.287 e. The molecule has 1 aromatic heterocycles. The Morgan fingerprint density at radius 3 is 2.78 bits per heavy atom. The zero-order valence-electron chi connectivity index (χ0n) is 10.1. The van der Waals surface area contributed by atoms with Crippen molar-refractivity contribution in [2.24, 2.45) is 5.73 Å². The number of nitrogens with two attached hydrogens (primary N) is 1. The van der Waals surface area contributed by atoms with Crippen LogP contribution in [0.3, 0.4) is 0 Å². The van der Waals surface area contributed by atoms with Crippen molar-refractivity contribution in [3.63, 3.8) is 0 Å². The molecule has 1 saturated heterocycles. The minimum Gasteiger partial charge on any atom is -0.455 e. The number of amides is 1. The molecule has 1 aliphatic rings. The van der Waals surface area contributed by atoms with Gasteiger partial charge in [0.05, 0.1) is 23.6 Å². The Morgan fingerprint density at radius 2 is 2.28 bits per heavy atom. The highest BCUT2D eigenvalue weighted by Gasteiger charge is 2.39. The van der Waals surface area contributed by atoms with Gasteiger partial charge in [0, 0.05) is 0 Å². The fraction of sp³-hybridized carbons (Fsp3) is 0.545. The summed E-state index contributed by atoms with van der Waals surface area (Å²) in [7, 11) is -3.05. The summed E-state index contributed by atoms with van der Waals surface area (Å²) in [6, 6.07) is 3.16. The first-order chi connectivity index (χ1) is 8.34. The topological polar surface area (TPSA) is 102 Å². The average molecular weight is 272 g/mol. The third kappa shape index (κ3) is 2.73. The van der Waals surface area contributed by atoms with E-state index in [1.54, 1.807) is 13.0 Å². The summed E-state index contributed by atoms with van der Waals surface area (Å²) in [5.74, 6) is 0.339. The van der Waals surface area contributed by atoms with Gasteiger partial charge in [0.15, 0.2) is 15.6 Å². The van der Waals surface area contributed by atoms with Crippen LogP contribution in [0.5, 0.6) is 0 Å². The first-order valence-corrected chi connectivity index (χ1v) is 7.47. The molecular formula is C11H16N2O4S. The lowest BCUT2D eigenvalue weighted by Crippen LogP contribution is -2.46. The molecule has 0 aromatic carbocycles. The number of hydrogen-bond donors (Lipinski definition) is 2. The van der Waals surface area contributed by atoms with Crippen LogP contribution in [0.1, 0.15) is 29.7 Å². The van der Waals surface area contributed by atoms with Crippen LogP contribution in [0.15, 0.2) is 16.5 Å². The Hall–Kier alpha value is -1.34. The highest BCUT2D eigenvalue weighted by Crippen LogP contribution is 2.23.